The zero-order valence-electron chi connectivity index (χ0n) is 40.5. The van der Waals surface area contributed by atoms with Crippen LogP contribution in [0.3, 0.4) is 0 Å². The fourth-order valence-corrected chi connectivity index (χ4v) is 7.52. The molecule has 0 bridgehead atoms. The lowest BCUT2D eigenvalue weighted by atomic mass is 10.1. The van der Waals surface area contributed by atoms with Crippen LogP contribution in [0.5, 0.6) is 0 Å². The highest BCUT2D eigenvalue weighted by Gasteiger charge is 2.44. The number of nitrogens with one attached hydrogen (secondary N) is 7. The van der Waals surface area contributed by atoms with Gasteiger partial charge in [-0.15, -0.1) is 0 Å². The molecule has 23 N–H and O–H groups in total. The van der Waals surface area contributed by atoms with Gasteiger partial charge in [0.1, 0.15) is 30.2 Å². The molecule has 0 aromatic rings. The quantitative estimate of drug-likeness (QED) is 0.0169. The lowest BCUT2D eigenvalue weighted by Gasteiger charge is -2.33. The van der Waals surface area contributed by atoms with E-state index in [-0.39, 0.29) is 95.5 Å². The summed E-state index contributed by atoms with van der Waals surface area (Å²) in [4.78, 5) is 155. The molecule has 9 amide bonds. The van der Waals surface area contributed by atoms with Crippen LogP contribution in [-0.2, 0) is 52.7 Å². The van der Waals surface area contributed by atoms with Crippen LogP contribution in [0.2, 0.25) is 0 Å². The van der Waals surface area contributed by atoms with Crippen molar-refractivity contribution >= 4 is 83.0 Å². The molecule has 2 heterocycles. The first kappa shape index (κ1) is 61.1. The molecule has 2 aliphatic rings. The molecular formula is C41H71N19O13. The first-order chi connectivity index (χ1) is 34.5. The number of nitrogens with two attached hydrogens (primary N) is 7. The third-order valence-electron chi connectivity index (χ3n) is 11.1. The Morgan fingerprint density at radius 2 is 0.973 bits per heavy atom. The molecule has 2 fully saturated rings. The van der Waals surface area contributed by atoms with Gasteiger partial charge in [0, 0.05) is 39.1 Å². The van der Waals surface area contributed by atoms with Crippen molar-refractivity contribution in [2.45, 2.75) is 113 Å². The molecule has 0 radical (unpaired) electrons. The molecule has 408 valence electrons. The molecule has 0 aromatic heterocycles. The van der Waals surface area contributed by atoms with Crippen molar-refractivity contribution in [3.05, 3.63) is 0 Å². The number of carbonyl (C=O) groups excluding carboxylic acids is 9. The first-order valence-electron chi connectivity index (χ1n) is 23.5. The highest BCUT2D eigenvalue weighted by molar-refractivity contribution is 5.97. The van der Waals surface area contributed by atoms with Crippen LogP contribution in [0, 0.1) is 0 Å². The number of carboxylic acid groups (broad SMARTS) is 2. The largest absolute Gasteiger partial charge is 0.481 e. The van der Waals surface area contributed by atoms with Gasteiger partial charge in [-0.2, -0.15) is 0 Å². The van der Waals surface area contributed by atoms with E-state index >= 15 is 0 Å². The van der Waals surface area contributed by atoms with Gasteiger partial charge in [0.05, 0.1) is 32.2 Å². The Morgan fingerprint density at radius 3 is 1.51 bits per heavy atom. The second kappa shape index (κ2) is 32.0. The Hall–Kier alpha value is -8.06. The Kier molecular flexibility index (Phi) is 26.8. The molecule has 0 spiro atoms. The van der Waals surface area contributed by atoms with E-state index in [0.717, 1.165) is 0 Å². The maximum Gasteiger partial charge on any atom is 0.326 e. The molecule has 73 heavy (non-hydrogen) atoms. The second-order valence-electron chi connectivity index (χ2n) is 16.9. The number of guanidine groups is 3. The number of aliphatic imine (C=N–C) groups is 3. The third kappa shape index (κ3) is 23.6. The molecule has 2 saturated heterocycles. The number of amides is 9. The Balaban J connectivity index is 2.06. The van der Waals surface area contributed by atoms with Crippen molar-refractivity contribution < 1.29 is 63.0 Å². The predicted molar refractivity (Wildman–Crippen MR) is 260 cm³/mol. The van der Waals surface area contributed by atoms with Gasteiger partial charge in [-0.05, 0) is 70.6 Å². The fraction of sp³-hybridized carbons (Fsp3) is 0.659. The highest BCUT2D eigenvalue weighted by Crippen LogP contribution is 2.26. The van der Waals surface area contributed by atoms with Gasteiger partial charge in [0.2, 0.25) is 53.2 Å². The lowest BCUT2D eigenvalue weighted by Crippen LogP contribution is -2.58. The van der Waals surface area contributed by atoms with E-state index < -0.39 is 140 Å². The van der Waals surface area contributed by atoms with E-state index in [4.69, 9.17) is 40.1 Å². The van der Waals surface area contributed by atoms with E-state index in [0.29, 0.717) is 19.3 Å². The maximum atomic E-state index is 14.2. The molecule has 0 aromatic carbocycles. The van der Waals surface area contributed by atoms with Crippen molar-refractivity contribution in [2.24, 2.45) is 55.1 Å². The highest BCUT2D eigenvalue weighted by atomic mass is 16.4. The maximum absolute atomic E-state index is 14.2. The summed E-state index contributed by atoms with van der Waals surface area (Å²) in [5, 5.41) is 35.5. The van der Waals surface area contributed by atoms with Crippen LogP contribution in [0.25, 0.3) is 0 Å². The van der Waals surface area contributed by atoms with Gasteiger partial charge in [0.25, 0.3) is 0 Å². The van der Waals surface area contributed by atoms with Crippen molar-refractivity contribution in [2.75, 3.05) is 58.9 Å². The van der Waals surface area contributed by atoms with Crippen LogP contribution >= 0.6 is 0 Å². The van der Waals surface area contributed by atoms with E-state index in [1.807, 2.05) is 0 Å². The SMILES string of the molecule is NC(N)=NCCC[C@H](NC(=O)CNC(=O)[C@H](CCCN=C(N)N)NC(=O)[C@@H]1CCCN1C(=O)[C@@H]1CCCN1C(=O)[C@H](CCC(=O)O)NC(=O)CNC(=O)CNC(=O)CNC(=O)[C@@H](N)CCCN=C(N)N)C(=O)O. The van der Waals surface area contributed by atoms with E-state index in [9.17, 15) is 63.0 Å². The van der Waals surface area contributed by atoms with E-state index in [2.05, 4.69) is 52.2 Å². The second-order valence-corrected chi connectivity index (χ2v) is 16.9. The molecule has 32 nitrogen and oxygen atoms in total. The van der Waals surface area contributed by atoms with Gasteiger partial charge in [-0.1, -0.05) is 0 Å². The normalized spacial score (nSPS) is 16.5. The Morgan fingerprint density at radius 1 is 0.521 bits per heavy atom. The minimum Gasteiger partial charge on any atom is -0.481 e. The smallest absolute Gasteiger partial charge is 0.326 e. The number of likely N-dealkylation sites (tertiary alicyclic amines) is 2. The van der Waals surface area contributed by atoms with Crippen LogP contribution in [0.15, 0.2) is 15.0 Å². The van der Waals surface area contributed by atoms with Crippen LogP contribution in [-0.4, -0.2) is 198 Å². The number of nitrogens with zero attached hydrogens (tertiary/aromatic N) is 5. The van der Waals surface area contributed by atoms with Crippen LogP contribution in [0.1, 0.15) is 77.0 Å². The molecule has 0 unspecified atom stereocenters. The monoisotopic (exact) mass is 1040 g/mol. The molecule has 0 aliphatic carbocycles. The number of carboxylic acids is 2. The van der Waals surface area contributed by atoms with Gasteiger partial charge in [-0.3, -0.25) is 62.9 Å². The topological polar surface area (TPSA) is 538 Å². The number of carbonyl (C=O) groups is 11. The minimum atomic E-state index is -1.46. The third-order valence-corrected chi connectivity index (χ3v) is 11.1. The van der Waals surface area contributed by atoms with Gasteiger partial charge in [0.15, 0.2) is 17.9 Å². The summed E-state index contributed by atoms with van der Waals surface area (Å²) >= 11 is 0. The average Bonchev–Trinajstić information content (AvgIpc) is 4.04. The van der Waals surface area contributed by atoms with Crippen molar-refractivity contribution in [1.29, 1.82) is 0 Å². The molecule has 2 rings (SSSR count). The summed E-state index contributed by atoms with van der Waals surface area (Å²) in [7, 11) is 0. The Labute approximate surface area is 419 Å². The standard InChI is InChI=1S/C41H71N19O13/c42-22(6-1-13-49-39(43)44)33(67)54-19-29(62)52-18-28(61)53-20-30(63)56-24(11-12-32(65)66)36(70)60-17-5-10-27(60)37(71)59-16-4-9-26(59)35(69)58-23(7-2-14-50-40(45)46)34(68)55-21-31(64)57-25(38(72)73)8-3-15-51-41(47)48/h22-27H,1-21,42H2,(H,52,62)(H,53,61)(H,54,67)(H,55,68)(H,56,63)(H,57,64)(H,58,69)(H,65,66)(H,72,73)(H4,43,44,49)(H4,45,46,50)(H4,47,48,51)/t22-,23-,24-,25-,26-,27-/m0/s1. The first-order valence-corrected chi connectivity index (χ1v) is 23.5. The van der Waals surface area contributed by atoms with Crippen molar-refractivity contribution in [3.8, 4) is 0 Å². The van der Waals surface area contributed by atoms with Gasteiger partial charge < -0.3 is 97.4 Å². The average molecular weight is 1040 g/mol. The molecule has 2 aliphatic heterocycles. The predicted octanol–water partition coefficient (Wildman–Crippen LogP) is -8.67. The number of rotatable bonds is 32. The summed E-state index contributed by atoms with van der Waals surface area (Å²) < 4.78 is 0. The van der Waals surface area contributed by atoms with Gasteiger partial charge in [-0.25, -0.2) is 4.79 Å². The number of hydrogen-bond donors (Lipinski definition) is 16. The van der Waals surface area contributed by atoms with E-state index in [1.54, 1.807) is 0 Å². The lowest BCUT2D eigenvalue weighted by molar-refractivity contribution is -0.148. The molecule has 0 saturated carbocycles. The molecule has 6 atom stereocenters. The molecular weight excluding hydrogens is 967 g/mol. The summed E-state index contributed by atoms with van der Waals surface area (Å²) in [6, 6.07) is -7.24. The number of aliphatic carboxylic acids is 2. The number of hydrogen-bond acceptors (Lipinski definition) is 15. The van der Waals surface area contributed by atoms with Crippen LogP contribution in [0.4, 0.5) is 0 Å². The van der Waals surface area contributed by atoms with Gasteiger partial charge >= 0.3 is 11.9 Å². The van der Waals surface area contributed by atoms with E-state index in [1.165, 1.54) is 9.80 Å². The summed E-state index contributed by atoms with van der Waals surface area (Å²) in [6.45, 7) is -1.90. The van der Waals surface area contributed by atoms with Crippen LogP contribution < -0.4 is 77.4 Å². The zero-order chi connectivity index (χ0) is 54.6. The minimum absolute atomic E-state index is 0.0250. The zero-order valence-corrected chi connectivity index (χ0v) is 40.5. The van der Waals surface area contributed by atoms with Crippen molar-refractivity contribution in [3.63, 3.8) is 0 Å². The summed E-state index contributed by atoms with van der Waals surface area (Å²) in [5.41, 5.74) is 37.7. The summed E-state index contributed by atoms with van der Waals surface area (Å²) in [6.07, 6.45) is 1.05. The Bertz CT molecular complexity index is 2060. The summed E-state index contributed by atoms with van der Waals surface area (Å²) in [5.74, 6) is -10.0. The molecule has 32 heteroatoms. The fourth-order valence-electron chi connectivity index (χ4n) is 7.52. The van der Waals surface area contributed by atoms with Crippen molar-refractivity contribution in [1.82, 2.24) is 47.0 Å².